The summed E-state index contributed by atoms with van der Waals surface area (Å²) in [7, 11) is 5.05. The van der Waals surface area contributed by atoms with Gasteiger partial charge in [0.05, 0.1) is 19.8 Å². The smallest absolute Gasteiger partial charge is 0.255 e. The molecule has 0 fully saturated rings. The minimum atomic E-state index is -0.193. The zero-order valence-corrected chi connectivity index (χ0v) is 16.7. The van der Waals surface area contributed by atoms with Crippen LogP contribution in [0.3, 0.4) is 0 Å². The summed E-state index contributed by atoms with van der Waals surface area (Å²) in [6, 6.07) is 5.12. The Morgan fingerprint density at radius 1 is 1.27 bits per heavy atom. The van der Waals surface area contributed by atoms with Gasteiger partial charge in [-0.15, -0.1) is 10.2 Å². The van der Waals surface area contributed by atoms with Gasteiger partial charge in [0.2, 0.25) is 0 Å². The first-order valence-corrected chi connectivity index (χ1v) is 9.46. The van der Waals surface area contributed by atoms with E-state index in [1.807, 2.05) is 11.6 Å². The molecule has 1 aromatic carbocycles. The molecule has 1 N–H and O–H groups in total. The van der Waals surface area contributed by atoms with Crippen molar-refractivity contribution in [2.24, 2.45) is 13.0 Å². The maximum atomic E-state index is 12.4. The summed E-state index contributed by atoms with van der Waals surface area (Å²) in [5.74, 6) is 3.37. The number of methoxy groups -OCH3 is 2. The largest absolute Gasteiger partial charge is 0.497 e. The van der Waals surface area contributed by atoms with Gasteiger partial charge < -0.3 is 19.4 Å². The van der Waals surface area contributed by atoms with Crippen molar-refractivity contribution < 1.29 is 14.3 Å². The van der Waals surface area contributed by atoms with Crippen molar-refractivity contribution in [1.29, 1.82) is 0 Å². The van der Waals surface area contributed by atoms with Gasteiger partial charge in [0.1, 0.15) is 17.3 Å². The monoisotopic (exact) mass is 378 g/mol. The highest BCUT2D eigenvalue weighted by Crippen LogP contribution is 2.24. The summed E-state index contributed by atoms with van der Waals surface area (Å²) in [5, 5.41) is 12.2. The third kappa shape index (κ3) is 5.14. The van der Waals surface area contributed by atoms with Crippen LogP contribution in [0.2, 0.25) is 0 Å². The summed E-state index contributed by atoms with van der Waals surface area (Å²) in [5.41, 5.74) is 0.472. The average molecular weight is 378 g/mol. The van der Waals surface area contributed by atoms with Gasteiger partial charge in [-0.3, -0.25) is 4.79 Å². The average Bonchev–Trinajstić information content (AvgIpc) is 2.99. The van der Waals surface area contributed by atoms with E-state index in [1.165, 1.54) is 7.11 Å². The van der Waals surface area contributed by atoms with Crippen LogP contribution in [0.4, 0.5) is 0 Å². The van der Waals surface area contributed by atoms with Crippen LogP contribution in [-0.4, -0.2) is 47.2 Å². The highest BCUT2D eigenvalue weighted by Gasteiger charge is 2.14. The summed E-state index contributed by atoms with van der Waals surface area (Å²) >= 11 is 1.69. The number of benzene rings is 1. The van der Waals surface area contributed by atoms with Crippen LogP contribution in [0.15, 0.2) is 23.4 Å². The van der Waals surface area contributed by atoms with E-state index >= 15 is 0 Å². The second kappa shape index (κ2) is 9.47. The fourth-order valence-electron chi connectivity index (χ4n) is 2.30. The van der Waals surface area contributed by atoms with E-state index in [0.717, 1.165) is 16.7 Å². The second-order valence-electron chi connectivity index (χ2n) is 6.23. The fraction of sp³-hybridized carbons (Fsp3) is 0.500. The zero-order valence-electron chi connectivity index (χ0n) is 15.9. The summed E-state index contributed by atoms with van der Waals surface area (Å²) < 4.78 is 12.4. The second-order valence-corrected chi connectivity index (χ2v) is 7.22. The number of hydrogen-bond acceptors (Lipinski definition) is 6. The number of ether oxygens (including phenoxy) is 2. The van der Waals surface area contributed by atoms with Gasteiger partial charge in [-0.2, -0.15) is 0 Å². The predicted octanol–water partition coefficient (Wildman–Crippen LogP) is 2.55. The van der Waals surface area contributed by atoms with Crippen LogP contribution in [0, 0.1) is 5.92 Å². The number of carbonyl (C=O) groups is 1. The number of aromatic nitrogens is 3. The number of rotatable bonds is 9. The van der Waals surface area contributed by atoms with Gasteiger partial charge in [0, 0.05) is 31.8 Å². The number of hydrogen-bond donors (Lipinski definition) is 1. The Labute approximate surface area is 158 Å². The van der Waals surface area contributed by atoms with E-state index in [1.54, 1.807) is 37.1 Å². The minimum Gasteiger partial charge on any atom is -0.497 e. The maximum absolute atomic E-state index is 12.4. The van der Waals surface area contributed by atoms with Gasteiger partial charge in [0.25, 0.3) is 5.91 Å². The van der Waals surface area contributed by atoms with Crippen molar-refractivity contribution in [1.82, 2.24) is 20.1 Å². The number of carbonyl (C=O) groups excluding carboxylic acids is 1. The third-order valence-corrected chi connectivity index (χ3v) is 5.21. The molecule has 2 rings (SSSR count). The van der Waals surface area contributed by atoms with Gasteiger partial charge in [0.15, 0.2) is 5.16 Å². The lowest BCUT2D eigenvalue weighted by Crippen LogP contribution is -2.26. The molecule has 1 aromatic heterocycles. The molecule has 0 atom stereocenters. The van der Waals surface area contributed by atoms with Crippen LogP contribution in [-0.2, 0) is 13.5 Å². The minimum absolute atomic E-state index is 0.193. The molecule has 0 aliphatic carbocycles. The molecule has 8 heteroatoms. The maximum Gasteiger partial charge on any atom is 0.255 e. The number of thioether (sulfide) groups is 1. The first-order valence-electron chi connectivity index (χ1n) is 8.47. The molecule has 0 radical (unpaired) electrons. The van der Waals surface area contributed by atoms with Crippen LogP contribution in [0.5, 0.6) is 11.5 Å². The number of amides is 1. The highest BCUT2D eigenvalue weighted by atomic mass is 32.2. The topological polar surface area (TPSA) is 78.3 Å². The summed E-state index contributed by atoms with van der Waals surface area (Å²) in [6.07, 6.45) is 0.607. The van der Waals surface area contributed by atoms with Gasteiger partial charge in [-0.05, 0) is 18.1 Å². The Balaban J connectivity index is 1.93. The molecular formula is C18H26N4O3S. The molecule has 0 aliphatic rings. The molecule has 7 nitrogen and oxygen atoms in total. The summed E-state index contributed by atoms with van der Waals surface area (Å²) in [4.78, 5) is 12.4. The normalized spacial score (nSPS) is 10.8. The van der Waals surface area contributed by atoms with Gasteiger partial charge >= 0.3 is 0 Å². The molecule has 0 aliphatic heterocycles. The van der Waals surface area contributed by atoms with Crippen LogP contribution >= 0.6 is 11.8 Å². The standard InChI is InChI=1S/C18H26N4O3S/c1-12(2)11-26-18-21-20-16(22(18)3)8-9-19-17(23)14-7-6-13(24-4)10-15(14)25-5/h6-7,10,12H,8-9,11H2,1-5H3,(H,19,23). The molecule has 1 amide bonds. The molecule has 142 valence electrons. The quantitative estimate of drug-likeness (QED) is 0.676. The lowest BCUT2D eigenvalue weighted by atomic mass is 10.1. The van der Waals surface area contributed by atoms with Gasteiger partial charge in [-0.1, -0.05) is 25.6 Å². The molecule has 2 aromatic rings. The van der Waals surface area contributed by atoms with E-state index in [9.17, 15) is 4.79 Å². The lowest BCUT2D eigenvalue weighted by Gasteiger charge is -2.11. The Morgan fingerprint density at radius 3 is 2.69 bits per heavy atom. The van der Waals surface area contributed by atoms with E-state index in [4.69, 9.17) is 9.47 Å². The van der Waals surface area contributed by atoms with Crippen LogP contribution in [0.25, 0.3) is 0 Å². The molecule has 0 saturated carbocycles. The molecular weight excluding hydrogens is 352 g/mol. The molecule has 0 unspecified atom stereocenters. The van der Waals surface area contributed by atoms with E-state index in [-0.39, 0.29) is 5.91 Å². The summed E-state index contributed by atoms with van der Waals surface area (Å²) in [6.45, 7) is 4.81. The number of nitrogens with zero attached hydrogens (tertiary/aromatic N) is 3. The van der Waals surface area contributed by atoms with Crippen LogP contribution < -0.4 is 14.8 Å². The Kier molecular flexibility index (Phi) is 7.32. The molecule has 26 heavy (non-hydrogen) atoms. The number of nitrogens with one attached hydrogen (secondary N) is 1. The van der Waals surface area contributed by atoms with Crippen molar-refractivity contribution >= 4 is 17.7 Å². The van der Waals surface area contributed by atoms with E-state index in [0.29, 0.717) is 35.9 Å². The van der Waals surface area contributed by atoms with Crippen LogP contribution in [0.1, 0.15) is 30.0 Å². The van der Waals surface area contributed by atoms with Crippen molar-refractivity contribution in [2.75, 3.05) is 26.5 Å². The zero-order chi connectivity index (χ0) is 19.1. The fourth-order valence-corrected chi connectivity index (χ4v) is 3.18. The van der Waals surface area contributed by atoms with Gasteiger partial charge in [-0.25, -0.2) is 0 Å². The lowest BCUT2D eigenvalue weighted by molar-refractivity contribution is 0.0951. The third-order valence-electron chi connectivity index (χ3n) is 3.76. The van der Waals surface area contributed by atoms with Crippen molar-refractivity contribution in [2.45, 2.75) is 25.4 Å². The van der Waals surface area contributed by atoms with Crippen molar-refractivity contribution in [3.8, 4) is 11.5 Å². The van der Waals surface area contributed by atoms with Crippen molar-refractivity contribution in [3.05, 3.63) is 29.6 Å². The molecule has 0 spiro atoms. The molecule has 0 saturated heterocycles. The first-order chi connectivity index (χ1) is 12.5. The van der Waals surface area contributed by atoms with E-state index in [2.05, 4.69) is 29.4 Å². The predicted molar refractivity (Wildman–Crippen MR) is 102 cm³/mol. The Morgan fingerprint density at radius 2 is 2.04 bits per heavy atom. The first kappa shape index (κ1) is 20.1. The Hall–Kier alpha value is -2.22. The molecule has 1 heterocycles. The Bertz CT molecular complexity index is 746. The SMILES string of the molecule is COc1ccc(C(=O)NCCc2nnc(SCC(C)C)n2C)c(OC)c1. The van der Waals surface area contributed by atoms with E-state index < -0.39 is 0 Å². The highest BCUT2D eigenvalue weighted by molar-refractivity contribution is 7.99. The molecule has 0 bridgehead atoms. The van der Waals surface area contributed by atoms with Crippen molar-refractivity contribution in [3.63, 3.8) is 0 Å².